The van der Waals surface area contributed by atoms with Crippen LogP contribution in [0.4, 0.5) is 5.13 Å². The Hall–Kier alpha value is -3.63. The standard InChI is InChI=1S/C19H15N3O6S/c1-11(23)28-14-8-4-2-6-12(14)18(26)22(27)17(25)10-16(24)21-19-20-13-7-3-5-9-15(13)29-19/h2-9,27H,10H2,1H3,(H,20,21,24). The van der Waals surface area contributed by atoms with Crippen LogP contribution in [0.3, 0.4) is 0 Å². The van der Waals surface area contributed by atoms with Crippen LogP contribution < -0.4 is 10.1 Å². The molecule has 1 aromatic heterocycles. The summed E-state index contributed by atoms with van der Waals surface area (Å²) in [5.41, 5.74) is 0.491. The maximum absolute atomic E-state index is 12.4. The number of rotatable bonds is 5. The summed E-state index contributed by atoms with van der Waals surface area (Å²) >= 11 is 1.23. The Morgan fingerprint density at radius 2 is 1.79 bits per heavy atom. The van der Waals surface area contributed by atoms with Crippen molar-refractivity contribution in [2.24, 2.45) is 0 Å². The lowest BCUT2D eigenvalue weighted by atomic mass is 10.2. The molecule has 0 saturated heterocycles. The first-order chi connectivity index (χ1) is 13.8. The van der Waals surface area contributed by atoms with Gasteiger partial charge in [0, 0.05) is 6.92 Å². The van der Waals surface area contributed by atoms with Gasteiger partial charge in [-0.1, -0.05) is 35.6 Å². The summed E-state index contributed by atoms with van der Waals surface area (Å²) in [4.78, 5) is 51.9. The van der Waals surface area contributed by atoms with Crippen molar-refractivity contribution in [3.63, 3.8) is 0 Å². The summed E-state index contributed by atoms with van der Waals surface area (Å²) in [5, 5.41) is 12.5. The number of hydroxylamine groups is 2. The summed E-state index contributed by atoms with van der Waals surface area (Å²) in [5.74, 6) is -3.80. The van der Waals surface area contributed by atoms with Gasteiger partial charge < -0.3 is 10.1 Å². The van der Waals surface area contributed by atoms with Crippen LogP contribution in [0.1, 0.15) is 23.7 Å². The molecule has 0 atom stereocenters. The van der Waals surface area contributed by atoms with E-state index in [9.17, 15) is 24.4 Å². The zero-order valence-electron chi connectivity index (χ0n) is 15.1. The fourth-order valence-corrected chi connectivity index (χ4v) is 3.30. The largest absolute Gasteiger partial charge is 0.426 e. The van der Waals surface area contributed by atoms with Crippen LogP contribution >= 0.6 is 11.3 Å². The maximum atomic E-state index is 12.4. The van der Waals surface area contributed by atoms with Crippen molar-refractivity contribution in [2.75, 3.05) is 5.32 Å². The fraction of sp³-hybridized carbons (Fsp3) is 0.105. The number of carbonyl (C=O) groups excluding carboxylic acids is 4. The number of ether oxygens (including phenoxy) is 1. The maximum Gasteiger partial charge on any atom is 0.308 e. The molecule has 1 heterocycles. The van der Waals surface area contributed by atoms with Crippen LogP contribution in [0, 0.1) is 0 Å². The molecule has 3 rings (SSSR count). The molecule has 0 bridgehead atoms. The summed E-state index contributed by atoms with van der Waals surface area (Å²) in [6.07, 6.45) is -0.784. The summed E-state index contributed by atoms with van der Waals surface area (Å²) in [7, 11) is 0. The number of para-hydroxylation sites is 2. The third-order valence-corrected chi connectivity index (χ3v) is 4.60. The number of nitrogens with zero attached hydrogens (tertiary/aromatic N) is 2. The quantitative estimate of drug-likeness (QED) is 0.216. The Kier molecular flexibility index (Phi) is 5.96. The lowest BCUT2D eigenvalue weighted by Gasteiger charge is -2.14. The average Bonchev–Trinajstić information content (AvgIpc) is 3.08. The smallest absolute Gasteiger partial charge is 0.308 e. The van der Waals surface area contributed by atoms with E-state index in [0.29, 0.717) is 10.6 Å². The second-order valence-corrected chi connectivity index (χ2v) is 6.84. The number of hydrogen-bond donors (Lipinski definition) is 2. The van der Waals surface area contributed by atoms with Gasteiger partial charge >= 0.3 is 5.97 Å². The number of hydrogen-bond acceptors (Lipinski definition) is 8. The lowest BCUT2D eigenvalue weighted by molar-refractivity contribution is -0.155. The molecule has 3 aromatic rings. The van der Waals surface area contributed by atoms with Gasteiger partial charge in [-0.2, -0.15) is 5.06 Å². The Bertz CT molecular complexity index is 1080. The molecule has 3 amide bonds. The third kappa shape index (κ3) is 4.81. The number of nitrogens with one attached hydrogen (secondary N) is 1. The first-order valence-corrected chi connectivity index (χ1v) is 9.16. The summed E-state index contributed by atoms with van der Waals surface area (Å²) < 4.78 is 5.75. The van der Waals surface area contributed by atoms with Crippen LogP contribution in [-0.4, -0.2) is 38.9 Å². The number of aromatic nitrogens is 1. The third-order valence-electron chi connectivity index (χ3n) is 3.65. The molecule has 0 aliphatic heterocycles. The van der Waals surface area contributed by atoms with Gasteiger partial charge in [-0.25, -0.2) is 4.98 Å². The van der Waals surface area contributed by atoms with Gasteiger partial charge in [-0.05, 0) is 24.3 Å². The van der Waals surface area contributed by atoms with Crippen molar-refractivity contribution >= 4 is 50.4 Å². The molecular formula is C19H15N3O6S. The van der Waals surface area contributed by atoms with E-state index in [-0.39, 0.29) is 16.4 Å². The number of anilines is 1. The van der Waals surface area contributed by atoms with Gasteiger partial charge in [0.15, 0.2) is 5.13 Å². The predicted octanol–water partition coefficient (Wildman–Crippen LogP) is 2.61. The molecule has 0 unspecified atom stereocenters. The molecule has 148 valence electrons. The summed E-state index contributed by atoms with van der Waals surface area (Å²) in [6, 6.07) is 12.9. The molecule has 0 aliphatic rings. The SMILES string of the molecule is CC(=O)Oc1ccccc1C(=O)N(O)C(=O)CC(=O)Nc1nc2ccccc2s1. The van der Waals surface area contributed by atoms with Crippen LogP contribution in [0.5, 0.6) is 5.75 Å². The monoisotopic (exact) mass is 413 g/mol. The van der Waals surface area contributed by atoms with E-state index in [1.54, 1.807) is 12.1 Å². The van der Waals surface area contributed by atoms with Gasteiger partial charge in [0.2, 0.25) is 5.91 Å². The highest BCUT2D eigenvalue weighted by molar-refractivity contribution is 7.22. The fourth-order valence-electron chi connectivity index (χ4n) is 2.42. The normalized spacial score (nSPS) is 10.4. The van der Waals surface area contributed by atoms with E-state index < -0.39 is 30.1 Å². The molecule has 0 fully saturated rings. The molecule has 0 aliphatic carbocycles. The first-order valence-electron chi connectivity index (χ1n) is 8.34. The Morgan fingerprint density at radius 1 is 1.10 bits per heavy atom. The van der Waals surface area contributed by atoms with Crippen molar-refractivity contribution in [3.05, 3.63) is 54.1 Å². The first kappa shape index (κ1) is 20.1. The zero-order valence-corrected chi connectivity index (χ0v) is 15.9. The minimum absolute atomic E-state index is 0.115. The van der Waals surface area contributed by atoms with Gasteiger partial charge in [0.1, 0.15) is 12.2 Å². The topological polar surface area (TPSA) is 126 Å². The molecule has 0 radical (unpaired) electrons. The second kappa shape index (κ2) is 8.59. The zero-order chi connectivity index (χ0) is 21.0. The molecule has 10 heteroatoms. The summed E-state index contributed by atoms with van der Waals surface area (Å²) in [6.45, 7) is 1.15. The second-order valence-electron chi connectivity index (χ2n) is 5.81. The van der Waals surface area contributed by atoms with Gasteiger partial charge in [0.25, 0.3) is 11.8 Å². The van der Waals surface area contributed by atoms with Crippen LogP contribution in [0.2, 0.25) is 0 Å². The van der Waals surface area contributed by atoms with E-state index in [1.165, 1.54) is 35.6 Å². The molecule has 0 spiro atoms. The Balaban J connectivity index is 1.66. The molecule has 2 aromatic carbocycles. The number of carbonyl (C=O) groups is 4. The number of amides is 3. The van der Waals surface area contributed by atoms with Gasteiger partial charge in [-0.3, -0.25) is 24.4 Å². The molecule has 9 nitrogen and oxygen atoms in total. The molecule has 29 heavy (non-hydrogen) atoms. The van der Waals surface area contributed by atoms with Crippen molar-refractivity contribution in [3.8, 4) is 5.75 Å². The minimum atomic E-state index is -1.15. The Morgan fingerprint density at radius 3 is 2.52 bits per heavy atom. The van der Waals surface area contributed by atoms with Crippen molar-refractivity contribution in [1.29, 1.82) is 0 Å². The number of benzene rings is 2. The highest BCUT2D eigenvalue weighted by Crippen LogP contribution is 2.25. The molecular weight excluding hydrogens is 398 g/mol. The van der Waals surface area contributed by atoms with Crippen molar-refractivity contribution in [2.45, 2.75) is 13.3 Å². The van der Waals surface area contributed by atoms with Crippen molar-refractivity contribution in [1.82, 2.24) is 10.0 Å². The van der Waals surface area contributed by atoms with E-state index in [4.69, 9.17) is 4.74 Å². The molecule has 0 saturated carbocycles. The van der Waals surface area contributed by atoms with Crippen molar-refractivity contribution < 1.29 is 29.1 Å². The van der Waals surface area contributed by atoms with Crippen LogP contribution in [-0.2, 0) is 14.4 Å². The van der Waals surface area contributed by atoms with E-state index >= 15 is 0 Å². The average molecular weight is 413 g/mol. The predicted molar refractivity (Wildman–Crippen MR) is 104 cm³/mol. The molecule has 2 N–H and O–H groups in total. The number of fused-ring (bicyclic) bond motifs is 1. The van der Waals surface area contributed by atoms with Crippen LogP contribution in [0.15, 0.2) is 48.5 Å². The lowest BCUT2D eigenvalue weighted by Crippen LogP contribution is -2.36. The Labute approximate surface area is 168 Å². The number of thiazole rings is 1. The van der Waals surface area contributed by atoms with E-state index in [0.717, 1.165) is 11.6 Å². The van der Waals surface area contributed by atoms with E-state index in [2.05, 4.69) is 10.3 Å². The van der Waals surface area contributed by atoms with Crippen LogP contribution in [0.25, 0.3) is 10.2 Å². The number of imide groups is 1. The highest BCUT2D eigenvalue weighted by Gasteiger charge is 2.26. The minimum Gasteiger partial charge on any atom is -0.426 e. The van der Waals surface area contributed by atoms with E-state index in [1.807, 2.05) is 12.1 Å². The van der Waals surface area contributed by atoms with Gasteiger partial charge in [-0.15, -0.1) is 0 Å². The highest BCUT2D eigenvalue weighted by atomic mass is 32.1. The van der Waals surface area contributed by atoms with Gasteiger partial charge in [0.05, 0.1) is 15.8 Å². The number of esters is 1.